The Labute approximate surface area is 178 Å². The van der Waals surface area contributed by atoms with E-state index in [2.05, 4.69) is 5.32 Å². The molecule has 0 aliphatic carbocycles. The number of hydrogen-bond acceptors (Lipinski definition) is 5. The van der Waals surface area contributed by atoms with Gasteiger partial charge < -0.3 is 19.7 Å². The highest BCUT2D eigenvalue weighted by molar-refractivity contribution is 6.35. The quantitative estimate of drug-likeness (QED) is 0.639. The first kappa shape index (κ1) is 22.5. The van der Waals surface area contributed by atoms with Crippen LogP contribution in [0.1, 0.15) is 5.56 Å². The van der Waals surface area contributed by atoms with E-state index >= 15 is 0 Å². The fourth-order valence-corrected chi connectivity index (χ4v) is 2.80. The SMILES string of the molecule is COc1cccc(NC(=O)CN(C)C(=O)COC(=O)Cc2ccc(Cl)cc2Cl)c1. The van der Waals surface area contributed by atoms with Gasteiger partial charge >= 0.3 is 5.97 Å². The van der Waals surface area contributed by atoms with E-state index in [1.807, 2.05) is 0 Å². The van der Waals surface area contributed by atoms with Gasteiger partial charge in [-0.1, -0.05) is 35.3 Å². The molecule has 7 nitrogen and oxygen atoms in total. The number of amides is 2. The van der Waals surface area contributed by atoms with Crippen LogP contribution in [0.4, 0.5) is 5.69 Å². The first-order chi connectivity index (χ1) is 13.8. The molecule has 0 bridgehead atoms. The fourth-order valence-electron chi connectivity index (χ4n) is 2.33. The van der Waals surface area contributed by atoms with Crippen molar-refractivity contribution < 1.29 is 23.9 Å². The lowest BCUT2D eigenvalue weighted by Crippen LogP contribution is -2.37. The number of nitrogens with one attached hydrogen (secondary N) is 1. The molecule has 1 N–H and O–H groups in total. The second-order valence-electron chi connectivity index (χ2n) is 6.10. The maximum Gasteiger partial charge on any atom is 0.310 e. The molecule has 0 fully saturated rings. The standard InChI is InChI=1S/C20H20Cl2N2O5/c1-24(11-18(25)23-15-4-3-5-16(10-15)28-2)19(26)12-29-20(27)8-13-6-7-14(21)9-17(13)22/h3-7,9-10H,8,11-12H2,1-2H3,(H,23,25). The summed E-state index contributed by atoms with van der Waals surface area (Å²) in [6.07, 6.45) is -0.0939. The Kier molecular flexibility index (Phi) is 8.30. The molecule has 0 aliphatic rings. The van der Waals surface area contributed by atoms with Crippen LogP contribution in [0.5, 0.6) is 5.75 Å². The summed E-state index contributed by atoms with van der Waals surface area (Å²) in [5.41, 5.74) is 1.08. The molecule has 0 spiro atoms. The second kappa shape index (κ2) is 10.7. The number of likely N-dealkylation sites (N-methyl/N-ethyl adjacent to an activating group) is 1. The van der Waals surface area contributed by atoms with Crippen LogP contribution >= 0.6 is 23.2 Å². The summed E-state index contributed by atoms with van der Waals surface area (Å²) < 4.78 is 10.1. The highest BCUT2D eigenvalue weighted by Gasteiger charge is 2.16. The summed E-state index contributed by atoms with van der Waals surface area (Å²) in [5, 5.41) is 3.46. The van der Waals surface area contributed by atoms with Gasteiger partial charge in [-0.25, -0.2) is 0 Å². The third-order valence-corrected chi connectivity index (χ3v) is 4.45. The molecule has 0 radical (unpaired) electrons. The van der Waals surface area contributed by atoms with Crippen molar-refractivity contribution in [1.82, 2.24) is 4.90 Å². The molecule has 2 aromatic rings. The lowest BCUT2D eigenvalue weighted by Gasteiger charge is -2.17. The fraction of sp³-hybridized carbons (Fsp3) is 0.250. The molecule has 0 saturated heterocycles. The van der Waals surface area contributed by atoms with Gasteiger partial charge in [-0.2, -0.15) is 0 Å². The highest BCUT2D eigenvalue weighted by Crippen LogP contribution is 2.21. The van der Waals surface area contributed by atoms with E-state index in [1.54, 1.807) is 36.4 Å². The van der Waals surface area contributed by atoms with Gasteiger partial charge in [-0.05, 0) is 29.8 Å². The molecule has 0 unspecified atom stereocenters. The van der Waals surface area contributed by atoms with Crippen LogP contribution in [0.3, 0.4) is 0 Å². The minimum Gasteiger partial charge on any atom is -0.497 e. The number of hydrogen-bond donors (Lipinski definition) is 1. The number of carbonyl (C=O) groups excluding carboxylic acids is 3. The lowest BCUT2D eigenvalue weighted by molar-refractivity contribution is -0.151. The molecular formula is C20H20Cl2N2O5. The maximum atomic E-state index is 12.1. The van der Waals surface area contributed by atoms with Crippen LogP contribution in [-0.2, 0) is 25.5 Å². The number of benzene rings is 2. The van der Waals surface area contributed by atoms with Crippen molar-refractivity contribution in [1.29, 1.82) is 0 Å². The minimum absolute atomic E-state index is 0.0939. The highest BCUT2D eigenvalue weighted by atomic mass is 35.5. The van der Waals surface area contributed by atoms with Crippen LogP contribution in [0.15, 0.2) is 42.5 Å². The van der Waals surface area contributed by atoms with Crippen molar-refractivity contribution in [3.05, 3.63) is 58.1 Å². The average molecular weight is 439 g/mol. The van der Waals surface area contributed by atoms with E-state index in [-0.39, 0.29) is 13.0 Å². The topological polar surface area (TPSA) is 84.9 Å². The van der Waals surface area contributed by atoms with Gasteiger partial charge in [-0.3, -0.25) is 14.4 Å². The molecule has 9 heteroatoms. The first-order valence-electron chi connectivity index (χ1n) is 8.56. The second-order valence-corrected chi connectivity index (χ2v) is 6.95. The lowest BCUT2D eigenvalue weighted by atomic mass is 10.1. The van der Waals surface area contributed by atoms with Gasteiger partial charge in [0.1, 0.15) is 5.75 Å². The molecule has 154 valence electrons. The largest absolute Gasteiger partial charge is 0.497 e. The van der Waals surface area contributed by atoms with E-state index in [4.69, 9.17) is 32.7 Å². The number of esters is 1. The van der Waals surface area contributed by atoms with Gasteiger partial charge in [0.05, 0.1) is 20.1 Å². The molecule has 0 aromatic heterocycles. The summed E-state index contributed by atoms with van der Waals surface area (Å²) in [6, 6.07) is 11.6. The van der Waals surface area contributed by atoms with Crippen LogP contribution in [-0.4, -0.2) is 50.0 Å². The van der Waals surface area contributed by atoms with E-state index in [9.17, 15) is 14.4 Å². The Hall–Kier alpha value is -2.77. The summed E-state index contributed by atoms with van der Waals surface area (Å²) in [4.78, 5) is 37.3. The van der Waals surface area contributed by atoms with Gasteiger partial charge in [0.15, 0.2) is 6.61 Å². The number of methoxy groups -OCH3 is 1. The summed E-state index contributed by atoms with van der Waals surface area (Å²) in [5.74, 6) is -0.925. The molecule has 0 aliphatic heterocycles. The van der Waals surface area contributed by atoms with Crippen molar-refractivity contribution in [2.45, 2.75) is 6.42 Å². The summed E-state index contributed by atoms with van der Waals surface area (Å²) >= 11 is 11.8. The van der Waals surface area contributed by atoms with Crippen molar-refractivity contribution in [2.75, 3.05) is 32.6 Å². The Morgan fingerprint density at radius 3 is 2.55 bits per heavy atom. The molecule has 2 aromatic carbocycles. The number of nitrogens with zero attached hydrogens (tertiary/aromatic N) is 1. The third kappa shape index (κ3) is 7.29. The first-order valence-corrected chi connectivity index (χ1v) is 9.31. The number of halogens is 2. The number of carbonyl (C=O) groups is 3. The monoisotopic (exact) mass is 438 g/mol. The van der Waals surface area contributed by atoms with Gasteiger partial charge in [0.25, 0.3) is 5.91 Å². The maximum absolute atomic E-state index is 12.1. The third-order valence-electron chi connectivity index (χ3n) is 3.87. The zero-order valence-corrected chi connectivity index (χ0v) is 17.4. The number of anilines is 1. The molecular weight excluding hydrogens is 419 g/mol. The van der Waals surface area contributed by atoms with E-state index in [0.717, 1.165) is 4.90 Å². The van der Waals surface area contributed by atoms with Crippen molar-refractivity contribution in [3.63, 3.8) is 0 Å². The van der Waals surface area contributed by atoms with Gasteiger partial charge in [-0.15, -0.1) is 0 Å². The van der Waals surface area contributed by atoms with Crippen molar-refractivity contribution >= 4 is 46.7 Å². The van der Waals surface area contributed by atoms with Gasteiger partial charge in [0, 0.05) is 28.8 Å². The summed E-state index contributed by atoms with van der Waals surface area (Å²) in [7, 11) is 2.97. The van der Waals surface area contributed by atoms with Crippen LogP contribution in [0.25, 0.3) is 0 Å². The Balaban J connectivity index is 1.79. The average Bonchev–Trinajstić information content (AvgIpc) is 2.68. The van der Waals surface area contributed by atoms with Crippen LogP contribution in [0, 0.1) is 0 Å². The van der Waals surface area contributed by atoms with E-state index in [0.29, 0.717) is 27.0 Å². The normalized spacial score (nSPS) is 10.2. The Morgan fingerprint density at radius 1 is 1.10 bits per heavy atom. The smallest absolute Gasteiger partial charge is 0.310 e. The van der Waals surface area contributed by atoms with Crippen molar-refractivity contribution in [3.8, 4) is 5.75 Å². The minimum atomic E-state index is -0.614. The van der Waals surface area contributed by atoms with E-state index in [1.165, 1.54) is 20.2 Å². The van der Waals surface area contributed by atoms with E-state index < -0.39 is 24.4 Å². The predicted octanol–water partition coefficient (Wildman–Crippen LogP) is 3.18. The Bertz CT molecular complexity index is 904. The summed E-state index contributed by atoms with van der Waals surface area (Å²) in [6.45, 7) is -0.677. The zero-order valence-electron chi connectivity index (χ0n) is 15.9. The molecule has 0 heterocycles. The molecule has 0 atom stereocenters. The molecule has 29 heavy (non-hydrogen) atoms. The molecule has 2 amide bonds. The van der Waals surface area contributed by atoms with Crippen LogP contribution in [0.2, 0.25) is 10.0 Å². The Morgan fingerprint density at radius 2 is 1.86 bits per heavy atom. The molecule has 0 saturated carbocycles. The van der Waals surface area contributed by atoms with Crippen LogP contribution < -0.4 is 10.1 Å². The number of rotatable bonds is 8. The van der Waals surface area contributed by atoms with Gasteiger partial charge in [0.2, 0.25) is 5.91 Å². The zero-order chi connectivity index (χ0) is 21.4. The number of ether oxygens (including phenoxy) is 2. The molecule has 2 rings (SSSR count). The predicted molar refractivity (Wildman–Crippen MR) is 110 cm³/mol. The van der Waals surface area contributed by atoms with Crippen molar-refractivity contribution in [2.24, 2.45) is 0 Å².